The number of aromatic hydroxyl groups is 1. The minimum atomic E-state index is -0.284. The van der Waals surface area contributed by atoms with E-state index in [4.69, 9.17) is 16.7 Å². The lowest BCUT2D eigenvalue weighted by Crippen LogP contribution is -2.28. The van der Waals surface area contributed by atoms with E-state index in [-0.39, 0.29) is 42.2 Å². The van der Waals surface area contributed by atoms with Crippen LogP contribution in [0.4, 0.5) is 0 Å². The molecular formula is C21H21ClN2O4. The molecule has 0 aliphatic carbocycles. The number of benzene rings is 2. The van der Waals surface area contributed by atoms with E-state index in [9.17, 15) is 14.7 Å². The third-order valence-corrected chi connectivity index (χ3v) is 4.98. The first kappa shape index (κ1) is 19.9. The van der Waals surface area contributed by atoms with Crippen molar-refractivity contribution in [3.63, 3.8) is 0 Å². The number of amides is 1. The normalized spacial score (nSPS) is 11.0. The smallest absolute Gasteiger partial charge is 0.262 e. The predicted molar refractivity (Wildman–Crippen MR) is 108 cm³/mol. The van der Waals surface area contributed by atoms with Crippen LogP contribution in [-0.2, 0) is 11.2 Å². The number of nitrogens with one attached hydrogen (secondary N) is 1. The number of aliphatic hydroxyl groups excluding tert-OH is 1. The van der Waals surface area contributed by atoms with Gasteiger partial charge in [-0.15, -0.1) is 0 Å². The molecule has 0 radical (unpaired) electrons. The van der Waals surface area contributed by atoms with Crippen LogP contribution in [0.15, 0.2) is 36.4 Å². The monoisotopic (exact) mass is 400 g/mol. The van der Waals surface area contributed by atoms with Gasteiger partial charge in [-0.1, -0.05) is 29.3 Å². The number of rotatable bonds is 5. The summed E-state index contributed by atoms with van der Waals surface area (Å²) in [5.74, 6) is -0.647. The summed E-state index contributed by atoms with van der Waals surface area (Å²) in [7, 11) is 0. The number of carbonyl (C=O) groups excluding carboxylic acids is 2. The molecule has 6 nitrogen and oxygen atoms in total. The van der Waals surface area contributed by atoms with Crippen molar-refractivity contribution in [3.05, 3.63) is 63.8 Å². The Hall–Kier alpha value is -2.83. The molecule has 1 amide bonds. The summed E-state index contributed by atoms with van der Waals surface area (Å²) in [6, 6.07) is 10.2. The van der Waals surface area contributed by atoms with Crippen molar-refractivity contribution in [2.45, 2.75) is 20.3 Å². The number of hydrogen-bond acceptors (Lipinski definition) is 4. The fourth-order valence-electron chi connectivity index (χ4n) is 3.22. The minimum absolute atomic E-state index is 0.0115. The third kappa shape index (κ3) is 3.74. The average molecular weight is 401 g/mol. The van der Waals surface area contributed by atoms with Crippen molar-refractivity contribution in [3.8, 4) is 5.75 Å². The van der Waals surface area contributed by atoms with E-state index >= 15 is 0 Å². The summed E-state index contributed by atoms with van der Waals surface area (Å²) in [6.45, 7) is 3.69. The Morgan fingerprint density at radius 3 is 2.46 bits per heavy atom. The van der Waals surface area contributed by atoms with Crippen LogP contribution in [0.2, 0.25) is 5.02 Å². The van der Waals surface area contributed by atoms with Crippen molar-refractivity contribution >= 4 is 34.3 Å². The standard InChI is InChI=1S/C21H21ClN2O4/c1-12-3-5-14(6-4-12)21(28)24-13(2)15(10-20(27)23-7-8-25)16-9-19(26)17(22)11-18(16)24/h3-6,9,11,25-26H,7-8,10H2,1-2H3,(H,23,27). The molecule has 0 saturated heterocycles. The van der Waals surface area contributed by atoms with Gasteiger partial charge in [-0.2, -0.15) is 0 Å². The number of nitrogens with zero attached hydrogens (tertiary/aromatic N) is 1. The Morgan fingerprint density at radius 1 is 1.14 bits per heavy atom. The molecule has 0 bridgehead atoms. The van der Waals surface area contributed by atoms with E-state index in [0.717, 1.165) is 5.56 Å². The zero-order valence-corrected chi connectivity index (χ0v) is 16.4. The summed E-state index contributed by atoms with van der Waals surface area (Å²) in [4.78, 5) is 25.4. The lowest BCUT2D eigenvalue weighted by atomic mass is 10.1. The van der Waals surface area contributed by atoms with E-state index < -0.39 is 0 Å². The molecular weight excluding hydrogens is 380 g/mol. The largest absolute Gasteiger partial charge is 0.506 e. The quantitative estimate of drug-likeness (QED) is 0.614. The molecule has 0 fully saturated rings. The van der Waals surface area contributed by atoms with Gasteiger partial charge in [0.1, 0.15) is 5.75 Å². The highest BCUT2D eigenvalue weighted by Gasteiger charge is 2.22. The number of carbonyl (C=O) groups is 2. The van der Waals surface area contributed by atoms with Crippen LogP contribution in [0, 0.1) is 13.8 Å². The summed E-state index contributed by atoms with van der Waals surface area (Å²) in [6.07, 6.45) is 0.0115. The SMILES string of the molecule is Cc1ccc(C(=O)n2c(C)c(CC(=O)NCCO)c3cc(O)c(Cl)cc32)cc1. The van der Waals surface area contributed by atoms with Crippen LogP contribution >= 0.6 is 11.6 Å². The summed E-state index contributed by atoms with van der Waals surface area (Å²) >= 11 is 6.09. The number of phenolic OH excluding ortho intramolecular Hbond substituents is 1. The van der Waals surface area contributed by atoms with Crippen LogP contribution in [-0.4, -0.2) is 39.7 Å². The highest BCUT2D eigenvalue weighted by atomic mass is 35.5. The Labute approximate surface area is 167 Å². The lowest BCUT2D eigenvalue weighted by molar-refractivity contribution is -0.120. The predicted octanol–water partition coefficient (Wildman–Crippen LogP) is 2.96. The van der Waals surface area contributed by atoms with Gasteiger partial charge in [0, 0.05) is 23.2 Å². The van der Waals surface area contributed by atoms with Crippen molar-refractivity contribution < 1.29 is 19.8 Å². The lowest BCUT2D eigenvalue weighted by Gasteiger charge is -2.08. The summed E-state index contributed by atoms with van der Waals surface area (Å²) < 4.78 is 1.51. The van der Waals surface area contributed by atoms with Gasteiger partial charge in [-0.3, -0.25) is 14.2 Å². The third-order valence-electron chi connectivity index (χ3n) is 4.68. The van der Waals surface area contributed by atoms with Crippen LogP contribution in [0.25, 0.3) is 10.9 Å². The summed E-state index contributed by atoms with van der Waals surface area (Å²) in [5, 5.41) is 22.2. The zero-order chi connectivity index (χ0) is 20.4. The molecule has 3 aromatic rings. The Bertz CT molecular complexity index is 1050. The van der Waals surface area contributed by atoms with E-state index in [2.05, 4.69) is 5.32 Å². The maximum atomic E-state index is 13.2. The Morgan fingerprint density at radius 2 is 1.82 bits per heavy atom. The molecule has 2 aromatic carbocycles. The fraction of sp³-hybridized carbons (Fsp3) is 0.238. The van der Waals surface area contributed by atoms with E-state index in [1.807, 2.05) is 19.1 Å². The van der Waals surface area contributed by atoms with Gasteiger partial charge in [-0.25, -0.2) is 0 Å². The first-order chi connectivity index (χ1) is 13.3. The maximum absolute atomic E-state index is 13.2. The molecule has 0 unspecified atom stereocenters. The first-order valence-corrected chi connectivity index (χ1v) is 9.22. The minimum Gasteiger partial charge on any atom is -0.506 e. The highest BCUT2D eigenvalue weighted by Crippen LogP contribution is 2.35. The summed E-state index contributed by atoms with van der Waals surface area (Å²) in [5.41, 5.74) is 3.29. The second-order valence-electron chi connectivity index (χ2n) is 6.64. The number of fused-ring (bicyclic) bond motifs is 1. The molecule has 1 aromatic heterocycles. The zero-order valence-electron chi connectivity index (χ0n) is 15.6. The van der Waals surface area contributed by atoms with Gasteiger partial charge < -0.3 is 15.5 Å². The van der Waals surface area contributed by atoms with Crippen molar-refractivity contribution in [1.29, 1.82) is 0 Å². The molecule has 1 heterocycles. The van der Waals surface area contributed by atoms with Crippen LogP contribution < -0.4 is 5.32 Å². The van der Waals surface area contributed by atoms with E-state index in [1.54, 1.807) is 19.1 Å². The van der Waals surface area contributed by atoms with Gasteiger partial charge in [0.2, 0.25) is 5.91 Å². The van der Waals surface area contributed by atoms with Gasteiger partial charge in [0.25, 0.3) is 5.91 Å². The maximum Gasteiger partial charge on any atom is 0.262 e. The number of aryl methyl sites for hydroxylation is 1. The number of hydrogen-bond donors (Lipinski definition) is 3. The van der Waals surface area contributed by atoms with E-state index in [0.29, 0.717) is 27.7 Å². The Kier molecular flexibility index (Phi) is 5.72. The Balaban J connectivity index is 2.15. The first-order valence-electron chi connectivity index (χ1n) is 8.84. The molecule has 0 spiro atoms. The molecule has 0 saturated carbocycles. The van der Waals surface area contributed by atoms with Gasteiger partial charge in [0.05, 0.1) is 23.6 Å². The number of aromatic nitrogens is 1. The molecule has 0 aliphatic rings. The van der Waals surface area contributed by atoms with E-state index in [1.165, 1.54) is 16.7 Å². The van der Waals surface area contributed by atoms with Crippen molar-refractivity contribution in [1.82, 2.24) is 9.88 Å². The average Bonchev–Trinajstić information content (AvgIpc) is 2.91. The van der Waals surface area contributed by atoms with Crippen LogP contribution in [0.1, 0.15) is 27.2 Å². The molecule has 7 heteroatoms. The van der Waals surface area contributed by atoms with Crippen LogP contribution in [0.3, 0.4) is 0 Å². The molecule has 28 heavy (non-hydrogen) atoms. The van der Waals surface area contributed by atoms with Gasteiger partial charge >= 0.3 is 0 Å². The molecule has 3 N–H and O–H groups in total. The fourth-order valence-corrected chi connectivity index (χ4v) is 3.37. The molecule has 0 atom stereocenters. The highest BCUT2D eigenvalue weighted by molar-refractivity contribution is 6.33. The molecule has 0 aliphatic heterocycles. The van der Waals surface area contributed by atoms with Gasteiger partial charge in [-0.05, 0) is 43.7 Å². The van der Waals surface area contributed by atoms with Gasteiger partial charge in [0.15, 0.2) is 0 Å². The molecule has 3 rings (SSSR count). The van der Waals surface area contributed by atoms with Crippen molar-refractivity contribution in [2.24, 2.45) is 0 Å². The number of aliphatic hydroxyl groups is 1. The second-order valence-corrected chi connectivity index (χ2v) is 7.05. The number of halogens is 1. The number of phenols is 1. The van der Waals surface area contributed by atoms with Crippen LogP contribution in [0.5, 0.6) is 5.75 Å². The van der Waals surface area contributed by atoms with Crippen molar-refractivity contribution in [2.75, 3.05) is 13.2 Å². The molecule has 146 valence electrons. The topological polar surface area (TPSA) is 91.6 Å². The second kappa shape index (κ2) is 8.04.